The van der Waals surface area contributed by atoms with Crippen LogP contribution in [0.3, 0.4) is 0 Å². The maximum atomic E-state index is 12.0. The molecule has 8 heteroatoms. The van der Waals surface area contributed by atoms with Crippen molar-refractivity contribution in [3.63, 3.8) is 0 Å². The van der Waals surface area contributed by atoms with Crippen molar-refractivity contribution in [3.8, 4) is 0 Å². The number of hydrogen-bond acceptors (Lipinski definition) is 4. The van der Waals surface area contributed by atoms with Crippen molar-refractivity contribution in [1.29, 1.82) is 0 Å². The van der Waals surface area contributed by atoms with E-state index in [1.54, 1.807) is 38.4 Å². The largest absolute Gasteiger partial charge is 0.344 e. The first-order valence-corrected chi connectivity index (χ1v) is 8.79. The number of rotatable bonds is 7. The molecular formula is C13H20BrClN2O3S. The molecule has 1 aromatic carbocycles. The maximum absolute atomic E-state index is 12.0. The second-order valence-electron chi connectivity index (χ2n) is 4.58. The van der Waals surface area contributed by atoms with Crippen LogP contribution < -0.4 is 5.32 Å². The van der Waals surface area contributed by atoms with E-state index in [1.165, 1.54) is 4.90 Å². The highest BCUT2D eigenvalue weighted by Crippen LogP contribution is 2.13. The van der Waals surface area contributed by atoms with Gasteiger partial charge in [-0.2, -0.15) is 0 Å². The quantitative estimate of drug-likeness (QED) is 0.754. The Balaban J connectivity index is 0.00000400. The Hall–Kier alpha value is -0.630. The zero-order valence-corrected chi connectivity index (χ0v) is 15.2. The van der Waals surface area contributed by atoms with Crippen LogP contribution in [0.4, 0.5) is 0 Å². The summed E-state index contributed by atoms with van der Waals surface area (Å²) >= 11 is 3.29. The lowest BCUT2D eigenvalue weighted by molar-refractivity contribution is -0.127. The van der Waals surface area contributed by atoms with Gasteiger partial charge in [-0.3, -0.25) is 4.79 Å². The third-order valence-corrected chi connectivity index (χ3v) is 4.75. The van der Waals surface area contributed by atoms with Gasteiger partial charge in [-0.25, -0.2) is 8.42 Å². The molecule has 0 atom stereocenters. The first-order valence-electron chi connectivity index (χ1n) is 6.17. The average molecular weight is 400 g/mol. The second-order valence-corrected chi connectivity index (χ2v) is 7.56. The summed E-state index contributed by atoms with van der Waals surface area (Å²) in [6, 6.07) is 7.03. The van der Waals surface area contributed by atoms with Crippen molar-refractivity contribution in [2.75, 3.05) is 32.9 Å². The molecule has 21 heavy (non-hydrogen) atoms. The van der Waals surface area contributed by atoms with Crippen molar-refractivity contribution in [3.05, 3.63) is 34.3 Å². The molecular weight excluding hydrogens is 380 g/mol. The molecule has 0 unspecified atom stereocenters. The maximum Gasteiger partial charge on any atom is 0.237 e. The number of nitrogens with zero attached hydrogens (tertiary/aromatic N) is 1. The van der Waals surface area contributed by atoms with Gasteiger partial charge in [0.25, 0.3) is 0 Å². The molecule has 0 aliphatic heterocycles. The van der Waals surface area contributed by atoms with E-state index in [1.807, 2.05) is 0 Å². The molecule has 0 spiro atoms. The van der Waals surface area contributed by atoms with Crippen LogP contribution in [0.1, 0.15) is 5.56 Å². The van der Waals surface area contributed by atoms with Gasteiger partial charge in [0.1, 0.15) is 5.75 Å². The highest BCUT2D eigenvalue weighted by atomic mass is 79.9. The Morgan fingerprint density at radius 3 is 2.38 bits per heavy atom. The molecule has 0 aliphatic rings. The predicted molar refractivity (Wildman–Crippen MR) is 90.4 cm³/mol. The Morgan fingerprint density at radius 2 is 1.86 bits per heavy atom. The fraction of sp³-hybridized carbons (Fsp3) is 0.462. The molecule has 0 radical (unpaired) electrons. The van der Waals surface area contributed by atoms with Crippen LogP contribution in [-0.4, -0.2) is 52.2 Å². The molecule has 1 amide bonds. The standard InChI is InChI=1S/C13H19BrN2O3S.ClH/c1-15-7-8-16(2)13(17)10-20(18,19)9-11-3-5-12(14)6-4-11;/h3-6,15H,7-10H2,1-2H3;1H. The van der Waals surface area contributed by atoms with Gasteiger partial charge < -0.3 is 10.2 Å². The summed E-state index contributed by atoms with van der Waals surface area (Å²) in [5.74, 6) is -0.952. The predicted octanol–water partition coefficient (Wildman–Crippen LogP) is 1.46. The third-order valence-electron chi connectivity index (χ3n) is 2.77. The van der Waals surface area contributed by atoms with Crippen LogP contribution >= 0.6 is 28.3 Å². The highest BCUT2D eigenvalue weighted by molar-refractivity contribution is 9.10. The lowest BCUT2D eigenvalue weighted by Gasteiger charge is -2.16. The van der Waals surface area contributed by atoms with Crippen LogP contribution in [0.25, 0.3) is 0 Å². The zero-order valence-electron chi connectivity index (χ0n) is 12.0. The molecule has 1 aromatic rings. The number of halogens is 2. The average Bonchev–Trinajstić information content (AvgIpc) is 2.37. The minimum absolute atomic E-state index is 0. The number of nitrogens with one attached hydrogen (secondary N) is 1. The molecule has 120 valence electrons. The minimum atomic E-state index is -3.44. The van der Waals surface area contributed by atoms with Gasteiger partial charge in [-0.05, 0) is 24.7 Å². The van der Waals surface area contributed by atoms with Crippen LogP contribution in [-0.2, 0) is 20.4 Å². The summed E-state index contributed by atoms with van der Waals surface area (Å²) in [7, 11) is -0.0574. The van der Waals surface area contributed by atoms with E-state index in [0.717, 1.165) is 4.47 Å². The number of hydrogen-bond donors (Lipinski definition) is 1. The van der Waals surface area contributed by atoms with E-state index in [0.29, 0.717) is 18.7 Å². The van der Waals surface area contributed by atoms with Gasteiger partial charge in [0.2, 0.25) is 5.91 Å². The lowest BCUT2D eigenvalue weighted by Crippen LogP contribution is -2.36. The molecule has 1 N–H and O–H groups in total. The summed E-state index contributed by atoms with van der Waals surface area (Å²) in [5.41, 5.74) is 0.680. The van der Waals surface area contributed by atoms with E-state index < -0.39 is 15.6 Å². The molecule has 0 aromatic heterocycles. The molecule has 0 bridgehead atoms. The fourth-order valence-corrected chi connectivity index (χ4v) is 3.25. The number of carbonyl (C=O) groups excluding carboxylic acids is 1. The monoisotopic (exact) mass is 398 g/mol. The van der Waals surface area contributed by atoms with Crippen LogP contribution in [0.2, 0.25) is 0 Å². The first-order chi connectivity index (χ1) is 9.34. The zero-order chi connectivity index (χ0) is 15.2. The van der Waals surface area contributed by atoms with E-state index in [-0.39, 0.29) is 24.1 Å². The van der Waals surface area contributed by atoms with Gasteiger partial charge in [0.15, 0.2) is 9.84 Å². The minimum Gasteiger partial charge on any atom is -0.344 e. The topological polar surface area (TPSA) is 66.5 Å². The van der Waals surface area contributed by atoms with Gasteiger partial charge in [0, 0.05) is 24.6 Å². The van der Waals surface area contributed by atoms with Crippen LogP contribution in [0.5, 0.6) is 0 Å². The number of amides is 1. The Labute approximate surface area is 140 Å². The smallest absolute Gasteiger partial charge is 0.237 e. The van der Waals surface area contributed by atoms with E-state index >= 15 is 0 Å². The molecule has 0 aliphatic carbocycles. The van der Waals surface area contributed by atoms with Gasteiger partial charge in [0.05, 0.1) is 5.75 Å². The molecule has 0 heterocycles. The summed E-state index contributed by atoms with van der Waals surface area (Å²) in [5, 5.41) is 2.91. The van der Waals surface area contributed by atoms with Crippen LogP contribution in [0.15, 0.2) is 28.7 Å². The van der Waals surface area contributed by atoms with Crippen molar-refractivity contribution in [1.82, 2.24) is 10.2 Å². The molecule has 0 saturated heterocycles. The normalized spacial score (nSPS) is 10.8. The number of sulfone groups is 1. The Bertz CT molecular complexity index is 549. The van der Waals surface area contributed by atoms with Crippen molar-refractivity contribution in [2.24, 2.45) is 0 Å². The summed E-state index contributed by atoms with van der Waals surface area (Å²) in [4.78, 5) is 13.2. The Kier molecular flexibility index (Phi) is 9.12. The fourth-order valence-electron chi connectivity index (χ4n) is 1.59. The summed E-state index contributed by atoms with van der Waals surface area (Å²) < 4.78 is 24.9. The molecule has 1 rings (SSSR count). The molecule has 5 nitrogen and oxygen atoms in total. The number of benzene rings is 1. The van der Waals surface area contributed by atoms with Crippen LogP contribution in [0, 0.1) is 0 Å². The van der Waals surface area contributed by atoms with Gasteiger partial charge in [-0.15, -0.1) is 12.4 Å². The number of likely N-dealkylation sites (N-methyl/N-ethyl adjacent to an activating group) is 2. The second kappa shape index (κ2) is 9.40. The number of carbonyl (C=O) groups is 1. The SMILES string of the molecule is CNCCN(C)C(=O)CS(=O)(=O)Cc1ccc(Br)cc1.Cl. The lowest BCUT2D eigenvalue weighted by atomic mass is 10.2. The first kappa shape index (κ1) is 20.4. The highest BCUT2D eigenvalue weighted by Gasteiger charge is 2.19. The van der Waals surface area contributed by atoms with Crippen molar-refractivity contribution < 1.29 is 13.2 Å². The third kappa shape index (κ3) is 7.80. The Morgan fingerprint density at radius 1 is 1.29 bits per heavy atom. The van der Waals surface area contributed by atoms with Gasteiger partial charge in [-0.1, -0.05) is 28.1 Å². The summed E-state index contributed by atoms with van der Waals surface area (Å²) in [6.07, 6.45) is 0. The van der Waals surface area contributed by atoms with E-state index in [9.17, 15) is 13.2 Å². The molecule has 0 fully saturated rings. The van der Waals surface area contributed by atoms with Crippen molar-refractivity contribution in [2.45, 2.75) is 5.75 Å². The van der Waals surface area contributed by atoms with Gasteiger partial charge >= 0.3 is 0 Å². The molecule has 0 saturated carbocycles. The van der Waals surface area contributed by atoms with E-state index in [2.05, 4.69) is 21.2 Å². The summed E-state index contributed by atoms with van der Waals surface area (Å²) in [6.45, 7) is 1.12. The van der Waals surface area contributed by atoms with E-state index in [4.69, 9.17) is 0 Å². The van der Waals surface area contributed by atoms with Crippen molar-refractivity contribution >= 4 is 44.1 Å².